The Morgan fingerprint density at radius 1 is 1.11 bits per heavy atom. The van der Waals surface area contributed by atoms with Crippen molar-refractivity contribution < 1.29 is 31.6 Å². The van der Waals surface area contributed by atoms with Crippen molar-refractivity contribution in [3.8, 4) is 5.75 Å². The van der Waals surface area contributed by atoms with Gasteiger partial charge in [0.25, 0.3) is 0 Å². The maximum Gasteiger partial charge on any atom is 0.249 e. The molecule has 11 nitrogen and oxygen atoms in total. The number of ether oxygens (including phenoxy) is 1. The van der Waals surface area contributed by atoms with Crippen molar-refractivity contribution in [3.05, 3.63) is 65.9 Å². The Labute approximate surface area is 209 Å². The first-order valence-corrected chi connectivity index (χ1v) is 14.3. The first kappa shape index (κ1) is 26.0. The molecule has 2 atom stereocenters. The quantitative estimate of drug-likeness (QED) is 0.287. The average Bonchev–Trinajstić information content (AvgIpc) is 3.26. The summed E-state index contributed by atoms with van der Waals surface area (Å²) in [6.07, 6.45) is 0.965. The normalized spacial score (nSPS) is 18.9. The third-order valence-electron chi connectivity index (χ3n) is 5.97. The molecule has 1 fully saturated rings. The maximum absolute atomic E-state index is 13.0. The summed E-state index contributed by atoms with van der Waals surface area (Å²) in [5, 5.41) is 9.96. The summed E-state index contributed by atoms with van der Waals surface area (Å²) >= 11 is 0. The zero-order chi connectivity index (χ0) is 26.1. The molecule has 3 N–H and O–H groups in total. The van der Waals surface area contributed by atoms with Gasteiger partial charge in [0.05, 0.1) is 22.6 Å². The minimum absolute atomic E-state index is 0.0824. The van der Waals surface area contributed by atoms with Gasteiger partial charge in [0.1, 0.15) is 12.4 Å². The molecular formula is C23H26N4O7S2. The highest BCUT2D eigenvalue weighted by Gasteiger charge is 2.43. The second kappa shape index (κ2) is 10.1. The summed E-state index contributed by atoms with van der Waals surface area (Å²) in [7, 11) is -7.77. The lowest BCUT2D eigenvalue weighted by atomic mass is 10.0. The Bertz CT molecular complexity index is 1490. The van der Waals surface area contributed by atoms with E-state index in [1.54, 1.807) is 0 Å². The fraction of sp³-hybridized carbons (Fsp3) is 0.304. The number of para-hydroxylation sites is 1. The number of pyridine rings is 1. The minimum atomic E-state index is -4.10. The van der Waals surface area contributed by atoms with Crippen molar-refractivity contribution in [3.63, 3.8) is 0 Å². The number of sulfonamides is 2. The Hall–Kier alpha value is -3.10. The molecule has 0 aliphatic carbocycles. The molecule has 3 aromatic rings. The number of carbonyl (C=O) groups excluding carboxylic acids is 1. The summed E-state index contributed by atoms with van der Waals surface area (Å²) in [4.78, 5) is 16.4. The summed E-state index contributed by atoms with van der Waals surface area (Å²) in [5.41, 5.74) is 4.13. The van der Waals surface area contributed by atoms with Crippen LogP contribution in [-0.2, 0) is 31.4 Å². The van der Waals surface area contributed by atoms with E-state index in [2.05, 4.69) is 9.71 Å². The lowest BCUT2D eigenvalue weighted by Crippen LogP contribution is -2.45. The van der Waals surface area contributed by atoms with Gasteiger partial charge in [-0.3, -0.25) is 15.0 Å². The number of nitrogens with zero attached hydrogens (tertiary/aromatic N) is 2. The number of aromatic nitrogens is 1. The molecule has 36 heavy (non-hydrogen) atoms. The van der Waals surface area contributed by atoms with Gasteiger partial charge in [0, 0.05) is 35.8 Å². The number of aryl methyl sites for hydroxylation is 1. The van der Waals surface area contributed by atoms with Gasteiger partial charge in [-0.15, -0.1) is 0 Å². The topological polar surface area (TPSA) is 155 Å². The average molecular weight is 535 g/mol. The highest BCUT2D eigenvalue weighted by Crippen LogP contribution is 2.24. The number of carbonyl (C=O) groups is 1. The number of benzene rings is 2. The Morgan fingerprint density at radius 3 is 2.47 bits per heavy atom. The SMILES string of the molecule is Cc1cc(COc2ccc(S(=O)(=O)NC3CN(S(C)(=O)=O)CC3C(=O)NO)cc2)c2ccccc2n1. The van der Waals surface area contributed by atoms with Gasteiger partial charge in [-0.1, -0.05) is 18.2 Å². The number of hydroxylamine groups is 1. The minimum Gasteiger partial charge on any atom is -0.489 e. The zero-order valence-corrected chi connectivity index (χ0v) is 21.2. The van der Waals surface area contributed by atoms with Gasteiger partial charge >= 0.3 is 0 Å². The molecule has 2 unspecified atom stereocenters. The smallest absolute Gasteiger partial charge is 0.249 e. The third-order valence-corrected chi connectivity index (χ3v) is 8.71. The molecule has 1 aliphatic heterocycles. The van der Waals surface area contributed by atoms with Crippen LogP contribution in [0, 0.1) is 12.8 Å². The predicted molar refractivity (Wildman–Crippen MR) is 131 cm³/mol. The van der Waals surface area contributed by atoms with Gasteiger partial charge in [0.2, 0.25) is 26.0 Å². The predicted octanol–water partition coefficient (Wildman–Crippen LogP) is 1.17. The Kier molecular flexibility index (Phi) is 7.29. The van der Waals surface area contributed by atoms with Crippen LogP contribution in [0.1, 0.15) is 11.3 Å². The second-order valence-corrected chi connectivity index (χ2v) is 12.3. The molecule has 1 amide bonds. The fourth-order valence-electron chi connectivity index (χ4n) is 4.16. The summed E-state index contributed by atoms with van der Waals surface area (Å²) < 4.78 is 59.0. The van der Waals surface area contributed by atoms with Crippen molar-refractivity contribution in [1.82, 2.24) is 19.5 Å². The summed E-state index contributed by atoms with van der Waals surface area (Å²) in [6.45, 7) is 1.66. The molecule has 1 aliphatic rings. The van der Waals surface area contributed by atoms with Gasteiger partial charge in [-0.2, -0.15) is 4.31 Å². The molecule has 13 heteroatoms. The van der Waals surface area contributed by atoms with Gasteiger partial charge in [-0.25, -0.2) is 27.0 Å². The molecule has 1 saturated heterocycles. The van der Waals surface area contributed by atoms with E-state index in [0.717, 1.165) is 32.7 Å². The van der Waals surface area contributed by atoms with Crippen molar-refractivity contribution in [1.29, 1.82) is 0 Å². The van der Waals surface area contributed by atoms with E-state index < -0.39 is 37.9 Å². The van der Waals surface area contributed by atoms with E-state index in [4.69, 9.17) is 9.94 Å². The molecule has 2 heterocycles. The molecule has 4 rings (SSSR count). The monoisotopic (exact) mass is 534 g/mol. The van der Waals surface area contributed by atoms with Crippen LogP contribution >= 0.6 is 0 Å². The lowest BCUT2D eigenvalue weighted by molar-refractivity contribution is -0.133. The third kappa shape index (κ3) is 5.65. The van der Waals surface area contributed by atoms with Crippen molar-refractivity contribution in [2.75, 3.05) is 19.3 Å². The second-order valence-electron chi connectivity index (χ2n) is 8.59. The largest absolute Gasteiger partial charge is 0.489 e. The number of rotatable bonds is 8. The number of hydrogen-bond acceptors (Lipinski definition) is 8. The van der Waals surface area contributed by atoms with Crippen LogP contribution in [0.3, 0.4) is 0 Å². The van der Waals surface area contributed by atoms with Crippen molar-refractivity contribution in [2.45, 2.75) is 24.5 Å². The molecule has 0 bridgehead atoms. The van der Waals surface area contributed by atoms with Crippen molar-refractivity contribution in [2.24, 2.45) is 5.92 Å². The van der Waals surface area contributed by atoms with Gasteiger partial charge in [-0.05, 0) is 43.3 Å². The molecular weight excluding hydrogens is 508 g/mol. The fourth-order valence-corrected chi connectivity index (χ4v) is 6.29. The van der Waals surface area contributed by atoms with Crippen LogP contribution in [0.5, 0.6) is 5.75 Å². The zero-order valence-electron chi connectivity index (χ0n) is 19.6. The summed E-state index contributed by atoms with van der Waals surface area (Å²) in [6, 6.07) is 14.3. The van der Waals surface area contributed by atoms with E-state index in [9.17, 15) is 21.6 Å². The molecule has 2 aromatic carbocycles. The van der Waals surface area contributed by atoms with Gasteiger partial charge < -0.3 is 4.74 Å². The highest BCUT2D eigenvalue weighted by molar-refractivity contribution is 7.89. The van der Waals surface area contributed by atoms with Crippen LogP contribution in [0.15, 0.2) is 59.5 Å². The Balaban J connectivity index is 1.47. The van der Waals surface area contributed by atoms with Crippen LogP contribution in [-0.4, -0.2) is 62.6 Å². The number of fused-ring (bicyclic) bond motifs is 1. The molecule has 0 spiro atoms. The first-order valence-electron chi connectivity index (χ1n) is 11.0. The highest BCUT2D eigenvalue weighted by atomic mass is 32.2. The van der Waals surface area contributed by atoms with E-state index in [1.165, 1.54) is 29.7 Å². The van der Waals surface area contributed by atoms with Gasteiger partial charge in [0.15, 0.2) is 0 Å². The Morgan fingerprint density at radius 2 is 1.81 bits per heavy atom. The standard InChI is InChI=1S/C23H26N4O7S2/c1-15-11-16(19-5-3-4-6-21(19)24-15)14-34-17-7-9-18(10-8-17)36(32,33)26-22-13-27(35(2,30)31)12-20(22)23(28)25-29/h3-11,20,22,26,29H,12-14H2,1-2H3,(H,25,28). The van der Waals surface area contributed by atoms with Crippen molar-refractivity contribution >= 4 is 36.9 Å². The molecule has 0 radical (unpaired) electrons. The van der Waals surface area contributed by atoms with E-state index >= 15 is 0 Å². The van der Waals surface area contributed by atoms with Crippen LogP contribution in [0.4, 0.5) is 0 Å². The number of hydrogen-bond donors (Lipinski definition) is 3. The van der Waals surface area contributed by atoms with E-state index in [1.807, 2.05) is 37.3 Å². The molecule has 0 saturated carbocycles. The first-order chi connectivity index (χ1) is 17.0. The van der Waals surface area contributed by atoms with Crippen LogP contribution in [0.2, 0.25) is 0 Å². The molecule has 192 valence electrons. The maximum atomic E-state index is 13.0. The van der Waals surface area contributed by atoms with E-state index in [-0.39, 0.29) is 24.6 Å². The van der Waals surface area contributed by atoms with E-state index in [0.29, 0.717) is 5.75 Å². The van der Waals surface area contributed by atoms with Crippen LogP contribution in [0.25, 0.3) is 10.9 Å². The number of amides is 1. The van der Waals surface area contributed by atoms with Crippen LogP contribution < -0.4 is 14.9 Å². The number of nitrogens with one attached hydrogen (secondary N) is 2. The molecule has 1 aromatic heterocycles. The lowest BCUT2D eigenvalue weighted by Gasteiger charge is -2.18. The summed E-state index contributed by atoms with van der Waals surface area (Å²) in [5.74, 6) is -1.52.